The van der Waals surface area contributed by atoms with Crippen LogP contribution >= 0.6 is 0 Å². The van der Waals surface area contributed by atoms with Crippen molar-refractivity contribution in [2.24, 2.45) is 0 Å². The summed E-state index contributed by atoms with van der Waals surface area (Å²) in [5.41, 5.74) is 0.852. The Morgan fingerprint density at radius 1 is 1.65 bits per heavy atom. The quantitative estimate of drug-likeness (QED) is 0.634. The van der Waals surface area contributed by atoms with Crippen molar-refractivity contribution in [1.82, 2.24) is 9.88 Å². The van der Waals surface area contributed by atoms with E-state index in [2.05, 4.69) is 22.2 Å². The Balaban J connectivity index is 2.09. The summed E-state index contributed by atoms with van der Waals surface area (Å²) in [6, 6.07) is 1.93. The molecule has 6 heteroatoms. The molecule has 1 saturated heterocycles. The van der Waals surface area contributed by atoms with Gasteiger partial charge in [-0.15, -0.1) is 0 Å². The third-order valence-electron chi connectivity index (χ3n) is 3.01. The normalized spacial score (nSPS) is 20.5. The molecule has 92 valence electrons. The van der Waals surface area contributed by atoms with E-state index >= 15 is 0 Å². The monoisotopic (exact) mass is 236 g/mol. The molecule has 1 aromatic heterocycles. The molecular formula is C11H16N4O2. The van der Waals surface area contributed by atoms with Gasteiger partial charge in [-0.1, -0.05) is 0 Å². The van der Waals surface area contributed by atoms with Gasteiger partial charge in [-0.2, -0.15) is 0 Å². The van der Waals surface area contributed by atoms with Gasteiger partial charge >= 0.3 is 0 Å². The first kappa shape index (κ1) is 11.8. The molecule has 1 unspecified atom stereocenters. The molecule has 0 radical (unpaired) electrons. The topological polar surface area (TPSA) is 71.3 Å². The Morgan fingerprint density at radius 2 is 2.41 bits per heavy atom. The van der Waals surface area contributed by atoms with E-state index in [1.807, 2.05) is 6.92 Å². The van der Waals surface area contributed by atoms with Gasteiger partial charge in [0.15, 0.2) is 0 Å². The summed E-state index contributed by atoms with van der Waals surface area (Å²) in [5.74, 6) is 0.746. The van der Waals surface area contributed by atoms with Crippen LogP contribution in [0.3, 0.4) is 0 Å². The average Bonchev–Trinajstić information content (AvgIpc) is 2.67. The lowest BCUT2D eigenvalue weighted by molar-refractivity contribution is -0.385. The molecule has 2 rings (SSSR count). The van der Waals surface area contributed by atoms with E-state index in [0.717, 1.165) is 30.9 Å². The number of aromatic nitrogens is 1. The van der Waals surface area contributed by atoms with Crippen molar-refractivity contribution in [1.29, 1.82) is 0 Å². The molecule has 0 spiro atoms. The Hall–Kier alpha value is -1.69. The van der Waals surface area contributed by atoms with E-state index in [9.17, 15) is 10.1 Å². The largest absolute Gasteiger partial charge is 0.366 e. The van der Waals surface area contributed by atoms with Gasteiger partial charge in [-0.25, -0.2) is 4.98 Å². The van der Waals surface area contributed by atoms with Crippen LogP contribution in [0.2, 0.25) is 0 Å². The molecule has 0 saturated carbocycles. The van der Waals surface area contributed by atoms with Crippen molar-refractivity contribution < 1.29 is 4.92 Å². The Bertz CT molecular complexity index is 435. The number of nitrogens with one attached hydrogen (secondary N) is 1. The van der Waals surface area contributed by atoms with E-state index in [1.165, 1.54) is 6.20 Å². The van der Waals surface area contributed by atoms with Crippen LogP contribution in [0, 0.1) is 17.0 Å². The Labute approximate surface area is 99.8 Å². The van der Waals surface area contributed by atoms with Crippen LogP contribution in [0.5, 0.6) is 0 Å². The van der Waals surface area contributed by atoms with Crippen molar-refractivity contribution in [3.63, 3.8) is 0 Å². The fraction of sp³-hybridized carbons (Fsp3) is 0.545. The van der Waals surface area contributed by atoms with Crippen molar-refractivity contribution in [2.75, 3.05) is 25.5 Å². The maximum Gasteiger partial charge on any atom is 0.287 e. The SMILES string of the molecule is Cc1cc([N+](=O)[O-])cnc1NC1CCN(C)C1. The van der Waals surface area contributed by atoms with Crippen LogP contribution in [-0.4, -0.2) is 41.0 Å². The van der Waals surface area contributed by atoms with Gasteiger partial charge in [0.25, 0.3) is 5.69 Å². The van der Waals surface area contributed by atoms with Crippen molar-refractivity contribution in [3.8, 4) is 0 Å². The molecule has 6 nitrogen and oxygen atoms in total. The molecule has 1 aromatic rings. The van der Waals surface area contributed by atoms with Gasteiger partial charge in [0, 0.05) is 18.7 Å². The van der Waals surface area contributed by atoms with Gasteiger partial charge in [-0.05, 0) is 32.5 Å². The molecule has 1 aliphatic heterocycles. The zero-order valence-corrected chi connectivity index (χ0v) is 10.0. The minimum atomic E-state index is -0.423. The van der Waals surface area contributed by atoms with E-state index < -0.39 is 4.92 Å². The maximum atomic E-state index is 10.6. The molecule has 1 atom stereocenters. The van der Waals surface area contributed by atoms with E-state index in [4.69, 9.17) is 0 Å². The van der Waals surface area contributed by atoms with Gasteiger partial charge in [-0.3, -0.25) is 10.1 Å². The third kappa shape index (κ3) is 2.71. The number of pyridine rings is 1. The third-order valence-corrected chi connectivity index (χ3v) is 3.01. The summed E-state index contributed by atoms with van der Waals surface area (Å²) in [6.45, 7) is 3.89. The minimum absolute atomic E-state index is 0.0385. The lowest BCUT2D eigenvalue weighted by Gasteiger charge is -2.14. The van der Waals surface area contributed by atoms with E-state index in [-0.39, 0.29) is 5.69 Å². The lowest BCUT2D eigenvalue weighted by atomic mass is 10.2. The molecular weight excluding hydrogens is 220 g/mol. The number of aryl methyl sites for hydroxylation is 1. The van der Waals surface area contributed by atoms with Gasteiger partial charge in [0.05, 0.1) is 4.92 Å². The molecule has 0 aliphatic carbocycles. The van der Waals surface area contributed by atoms with Crippen LogP contribution in [-0.2, 0) is 0 Å². The van der Waals surface area contributed by atoms with E-state index in [1.54, 1.807) is 6.07 Å². The highest BCUT2D eigenvalue weighted by atomic mass is 16.6. The first-order chi connectivity index (χ1) is 8.06. The summed E-state index contributed by atoms with van der Waals surface area (Å²) in [7, 11) is 2.08. The van der Waals surface area contributed by atoms with Gasteiger partial charge < -0.3 is 10.2 Å². The zero-order valence-electron chi connectivity index (χ0n) is 10.0. The minimum Gasteiger partial charge on any atom is -0.366 e. The summed E-state index contributed by atoms with van der Waals surface area (Å²) >= 11 is 0. The number of nitrogens with zero attached hydrogens (tertiary/aromatic N) is 3. The zero-order chi connectivity index (χ0) is 12.4. The molecule has 1 N–H and O–H groups in total. The van der Waals surface area contributed by atoms with Gasteiger partial charge in [0.2, 0.25) is 0 Å². The number of likely N-dealkylation sites (N-methyl/N-ethyl adjacent to an activating group) is 1. The second-order valence-corrected chi connectivity index (χ2v) is 4.51. The highest BCUT2D eigenvalue weighted by Gasteiger charge is 2.20. The van der Waals surface area contributed by atoms with Crippen LogP contribution in [0.4, 0.5) is 11.5 Å². The van der Waals surface area contributed by atoms with Crippen LogP contribution in [0.15, 0.2) is 12.3 Å². The maximum absolute atomic E-state index is 10.6. The number of hydrogen-bond acceptors (Lipinski definition) is 5. The Kier molecular flexibility index (Phi) is 3.23. The van der Waals surface area contributed by atoms with Crippen molar-refractivity contribution in [3.05, 3.63) is 27.9 Å². The molecule has 2 heterocycles. The molecule has 1 fully saturated rings. The number of nitro groups is 1. The lowest BCUT2D eigenvalue weighted by Crippen LogP contribution is -2.24. The molecule has 1 aliphatic rings. The number of rotatable bonds is 3. The molecule has 0 amide bonds. The number of likely N-dealkylation sites (tertiary alicyclic amines) is 1. The van der Waals surface area contributed by atoms with Gasteiger partial charge in [0.1, 0.15) is 12.0 Å². The summed E-state index contributed by atoms with van der Waals surface area (Å²) in [6.07, 6.45) is 2.38. The second-order valence-electron chi connectivity index (χ2n) is 4.51. The molecule has 0 bridgehead atoms. The predicted molar refractivity (Wildman–Crippen MR) is 65.2 cm³/mol. The van der Waals surface area contributed by atoms with Crippen LogP contribution < -0.4 is 5.32 Å². The van der Waals surface area contributed by atoms with Crippen LogP contribution in [0.1, 0.15) is 12.0 Å². The number of hydrogen-bond donors (Lipinski definition) is 1. The Morgan fingerprint density at radius 3 is 2.94 bits per heavy atom. The predicted octanol–water partition coefficient (Wildman–Crippen LogP) is 1.41. The first-order valence-electron chi connectivity index (χ1n) is 5.62. The fourth-order valence-corrected chi connectivity index (χ4v) is 2.06. The van der Waals surface area contributed by atoms with E-state index in [0.29, 0.717) is 6.04 Å². The van der Waals surface area contributed by atoms with Crippen molar-refractivity contribution in [2.45, 2.75) is 19.4 Å². The average molecular weight is 236 g/mol. The summed E-state index contributed by atoms with van der Waals surface area (Å²) < 4.78 is 0. The fourth-order valence-electron chi connectivity index (χ4n) is 2.06. The van der Waals surface area contributed by atoms with Crippen LogP contribution in [0.25, 0.3) is 0 Å². The standard InChI is InChI=1S/C11H16N4O2/c1-8-5-10(15(16)17)6-12-11(8)13-9-3-4-14(2)7-9/h5-6,9H,3-4,7H2,1-2H3,(H,12,13). The number of anilines is 1. The summed E-state index contributed by atoms with van der Waals surface area (Å²) in [5, 5.41) is 13.9. The highest BCUT2D eigenvalue weighted by molar-refractivity contribution is 5.48. The molecule has 0 aromatic carbocycles. The first-order valence-corrected chi connectivity index (χ1v) is 5.62. The summed E-state index contributed by atoms with van der Waals surface area (Å²) in [4.78, 5) is 16.5. The van der Waals surface area contributed by atoms with Crippen molar-refractivity contribution >= 4 is 11.5 Å². The molecule has 17 heavy (non-hydrogen) atoms. The highest BCUT2D eigenvalue weighted by Crippen LogP contribution is 2.20. The smallest absolute Gasteiger partial charge is 0.287 e. The second kappa shape index (κ2) is 4.67.